The van der Waals surface area contributed by atoms with E-state index in [2.05, 4.69) is 5.32 Å². The monoisotopic (exact) mass is 228 g/mol. The number of nitrogens with one attached hydrogen (secondary N) is 1. The van der Waals surface area contributed by atoms with Crippen molar-refractivity contribution < 1.29 is 9.90 Å². The van der Waals surface area contributed by atoms with Crippen molar-refractivity contribution in [1.82, 2.24) is 5.32 Å². The van der Waals surface area contributed by atoms with Crippen molar-refractivity contribution in [2.24, 2.45) is 17.1 Å². The summed E-state index contributed by atoms with van der Waals surface area (Å²) in [5, 5.41) is 12.5. The molecule has 1 rings (SSSR count). The van der Waals surface area contributed by atoms with Gasteiger partial charge in [0.1, 0.15) is 0 Å². The molecule has 1 unspecified atom stereocenters. The van der Waals surface area contributed by atoms with Crippen LogP contribution in [-0.2, 0) is 4.79 Å². The molecule has 1 atom stereocenters. The summed E-state index contributed by atoms with van der Waals surface area (Å²) in [5.41, 5.74) is 5.23. The first kappa shape index (κ1) is 13.5. The maximum absolute atomic E-state index is 12.0. The van der Waals surface area contributed by atoms with Gasteiger partial charge in [0, 0.05) is 13.1 Å². The Morgan fingerprint density at radius 2 is 2.06 bits per heavy atom. The first-order valence-corrected chi connectivity index (χ1v) is 6.26. The van der Waals surface area contributed by atoms with Crippen LogP contribution in [0.2, 0.25) is 0 Å². The first-order valence-electron chi connectivity index (χ1n) is 6.26. The lowest BCUT2D eigenvalue weighted by atomic mass is 9.81. The topological polar surface area (TPSA) is 75.4 Å². The van der Waals surface area contributed by atoms with E-state index in [1.165, 1.54) is 0 Å². The molecule has 4 nitrogen and oxygen atoms in total. The summed E-state index contributed by atoms with van der Waals surface area (Å²) >= 11 is 0. The molecular weight excluding hydrogens is 204 g/mol. The molecule has 0 radical (unpaired) electrons. The zero-order valence-electron chi connectivity index (χ0n) is 10.3. The molecule has 1 aliphatic rings. The van der Waals surface area contributed by atoms with E-state index < -0.39 is 5.41 Å². The largest absolute Gasteiger partial charge is 0.391 e. The van der Waals surface area contributed by atoms with Crippen molar-refractivity contribution in [1.29, 1.82) is 0 Å². The maximum atomic E-state index is 12.0. The molecule has 1 saturated carbocycles. The summed E-state index contributed by atoms with van der Waals surface area (Å²) in [4.78, 5) is 12.0. The van der Waals surface area contributed by atoms with Gasteiger partial charge >= 0.3 is 0 Å². The zero-order chi connectivity index (χ0) is 12.2. The molecule has 0 saturated heterocycles. The summed E-state index contributed by atoms with van der Waals surface area (Å²) in [6, 6.07) is 0. The minimum atomic E-state index is -0.455. The number of rotatable bonds is 7. The maximum Gasteiger partial charge on any atom is 0.227 e. The van der Waals surface area contributed by atoms with Gasteiger partial charge in [0.15, 0.2) is 0 Å². The quantitative estimate of drug-likeness (QED) is 0.598. The summed E-state index contributed by atoms with van der Waals surface area (Å²) in [6.07, 6.45) is 3.27. The van der Waals surface area contributed by atoms with Gasteiger partial charge in [0.05, 0.1) is 11.5 Å². The molecule has 0 bridgehead atoms. The number of hydrogen-bond acceptors (Lipinski definition) is 3. The average Bonchev–Trinajstić information content (AvgIpc) is 3.13. The summed E-state index contributed by atoms with van der Waals surface area (Å²) in [6.45, 7) is 4.69. The van der Waals surface area contributed by atoms with Crippen molar-refractivity contribution >= 4 is 5.91 Å². The molecule has 1 amide bonds. The molecule has 1 aliphatic carbocycles. The molecule has 4 heteroatoms. The van der Waals surface area contributed by atoms with Gasteiger partial charge in [0.2, 0.25) is 5.91 Å². The first-order chi connectivity index (χ1) is 7.59. The lowest BCUT2D eigenvalue weighted by Crippen LogP contribution is -2.47. The highest BCUT2D eigenvalue weighted by Gasteiger charge is 2.35. The molecule has 0 aromatic heterocycles. The number of amides is 1. The Kier molecular flexibility index (Phi) is 4.74. The van der Waals surface area contributed by atoms with Crippen LogP contribution in [0.4, 0.5) is 0 Å². The van der Waals surface area contributed by atoms with E-state index in [4.69, 9.17) is 5.73 Å². The van der Waals surface area contributed by atoms with Crippen molar-refractivity contribution in [2.75, 3.05) is 13.1 Å². The molecule has 0 aromatic rings. The highest BCUT2D eigenvalue weighted by Crippen LogP contribution is 2.32. The Morgan fingerprint density at radius 1 is 1.50 bits per heavy atom. The number of nitrogens with two attached hydrogens (primary N) is 1. The smallest absolute Gasteiger partial charge is 0.227 e. The fourth-order valence-corrected chi connectivity index (χ4v) is 1.98. The van der Waals surface area contributed by atoms with Crippen LogP contribution in [0.1, 0.15) is 39.5 Å². The van der Waals surface area contributed by atoms with Crippen LogP contribution >= 0.6 is 0 Å². The Bertz CT molecular complexity index is 227. The van der Waals surface area contributed by atoms with Crippen LogP contribution in [0.5, 0.6) is 0 Å². The number of aliphatic hydroxyl groups is 1. The van der Waals surface area contributed by atoms with Crippen LogP contribution in [0.15, 0.2) is 0 Å². The predicted molar refractivity (Wildman–Crippen MR) is 63.8 cm³/mol. The van der Waals surface area contributed by atoms with Crippen molar-refractivity contribution in [3.63, 3.8) is 0 Å². The fourth-order valence-electron chi connectivity index (χ4n) is 1.98. The minimum Gasteiger partial charge on any atom is -0.391 e. The molecular formula is C12H24N2O2. The van der Waals surface area contributed by atoms with E-state index in [-0.39, 0.29) is 12.0 Å². The molecule has 4 N–H and O–H groups in total. The number of carbonyl (C=O) groups excluding carboxylic acids is 1. The average molecular weight is 228 g/mol. The lowest BCUT2D eigenvalue weighted by Gasteiger charge is -2.29. The van der Waals surface area contributed by atoms with Crippen molar-refractivity contribution in [3.05, 3.63) is 0 Å². The molecule has 0 heterocycles. The third-order valence-corrected chi connectivity index (χ3v) is 3.86. The van der Waals surface area contributed by atoms with Crippen LogP contribution < -0.4 is 11.1 Å². The number of hydrogen-bond donors (Lipinski definition) is 3. The van der Waals surface area contributed by atoms with E-state index in [0.717, 1.165) is 25.7 Å². The van der Waals surface area contributed by atoms with E-state index in [1.807, 2.05) is 13.8 Å². The Balaban J connectivity index is 2.42. The third-order valence-electron chi connectivity index (χ3n) is 3.86. The van der Waals surface area contributed by atoms with E-state index in [0.29, 0.717) is 19.0 Å². The SMILES string of the molecule is CCC(CC)(CN)C(=O)NCC(O)C1CC1. The number of carbonyl (C=O) groups is 1. The van der Waals surface area contributed by atoms with Crippen LogP contribution in [0, 0.1) is 11.3 Å². The third kappa shape index (κ3) is 2.95. The van der Waals surface area contributed by atoms with Gasteiger partial charge in [-0.15, -0.1) is 0 Å². The van der Waals surface area contributed by atoms with Gasteiger partial charge in [-0.2, -0.15) is 0 Å². The van der Waals surface area contributed by atoms with Crippen LogP contribution in [0.25, 0.3) is 0 Å². The zero-order valence-corrected chi connectivity index (χ0v) is 10.3. The minimum absolute atomic E-state index is 0.0142. The molecule has 0 spiro atoms. The Morgan fingerprint density at radius 3 is 2.44 bits per heavy atom. The highest BCUT2D eigenvalue weighted by atomic mass is 16.3. The molecule has 0 aromatic carbocycles. The number of aliphatic hydroxyl groups excluding tert-OH is 1. The summed E-state index contributed by atoms with van der Waals surface area (Å²) in [7, 11) is 0. The molecule has 0 aliphatic heterocycles. The highest BCUT2D eigenvalue weighted by molar-refractivity contribution is 5.82. The van der Waals surface area contributed by atoms with Gasteiger partial charge in [-0.1, -0.05) is 13.8 Å². The molecule has 16 heavy (non-hydrogen) atoms. The predicted octanol–water partition coefficient (Wildman–Crippen LogP) is 0.639. The normalized spacial score (nSPS) is 18.2. The van der Waals surface area contributed by atoms with Gasteiger partial charge in [0.25, 0.3) is 0 Å². The van der Waals surface area contributed by atoms with Crippen LogP contribution in [-0.4, -0.2) is 30.2 Å². The van der Waals surface area contributed by atoms with Crippen molar-refractivity contribution in [3.8, 4) is 0 Å². The Labute approximate surface area is 97.6 Å². The summed E-state index contributed by atoms with van der Waals surface area (Å²) in [5.74, 6) is 0.385. The van der Waals surface area contributed by atoms with Gasteiger partial charge in [-0.3, -0.25) is 4.79 Å². The second-order valence-electron chi connectivity index (χ2n) is 4.81. The van der Waals surface area contributed by atoms with E-state index in [9.17, 15) is 9.90 Å². The molecule has 1 fully saturated rings. The lowest BCUT2D eigenvalue weighted by molar-refractivity contribution is -0.131. The standard InChI is InChI=1S/C12H24N2O2/c1-3-12(4-2,8-13)11(16)14-7-10(15)9-5-6-9/h9-10,15H,3-8,13H2,1-2H3,(H,14,16). The summed E-state index contributed by atoms with van der Waals surface area (Å²) < 4.78 is 0. The Hall–Kier alpha value is -0.610. The van der Waals surface area contributed by atoms with Gasteiger partial charge < -0.3 is 16.2 Å². The van der Waals surface area contributed by atoms with E-state index in [1.54, 1.807) is 0 Å². The van der Waals surface area contributed by atoms with Gasteiger partial charge in [-0.05, 0) is 31.6 Å². The second kappa shape index (κ2) is 5.64. The van der Waals surface area contributed by atoms with E-state index >= 15 is 0 Å². The fraction of sp³-hybridized carbons (Fsp3) is 0.917. The molecule has 94 valence electrons. The second-order valence-corrected chi connectivity index (χ2v) is 4.81. The van der Waals surface area contributed by atoms with Crippen LogP contribution in [0.3, 0.4) is 0 Å². The van der Waals surface area contributed by atoms with Crippen molar-refractivity contribution in [2.45, 2.75) is 45.6 Å². The van der Waals surface area contributed by atoms with Gasteiger partial charge in [-0.25, -0.2) is 0 Å².